The van der Waals surface area contributed by atoms with E-state index in [1.54, 1.807) is 38.4 Å². The molecule has 0 saturated heterocycles. The third-order valence-electron chi connectivity index (χ3n) is 5.40. The van der Waals surface area contributed by atoms with Crippen molar-refractivity contribution in [1.29, 1.82) is 0 Å². The zero-order valence-corrected chi connectivity index (χ0v) is 16.5. The van der Waals surface area contributed by atoms with E-state index in [9.17, 15) is 9.59 Å². The standard InChI is InChI=1S/C22H23N3O4/c1-14-19(20(26)25-22(9-5-10-22)21(27)23-2)17-12-16(7-8-18(17)29-14)28-13-15-6-3-4-11-24-15/h3-4,6-8,11-12H,5,9-10,13H2,1-2H3,(H,23,27)(H,25,26). The van der Waals surface area contributed by atoms with E-state index in [-0.39, 0.29) is 11.8 Å². The molecule has 0 radical (unpaired) electrons. The molecule has 29 heavy (non-hydrogen) atoms. The van der Waals surface area contributed by atoms with Crippen LogP contribution in [0.5, 0.6) is 5.75 Å². The van der Waals surface area contributed by atoms with Crippen molar-refractivity contribution in [2.75, 3.05) is 7.05 Å². The first-order chi connectivity index (χ1) is 14.0. The van der Waals surface area contributed by atoms with Gasteiger partial charge in [0, 0.05) is 18.6 Å². The third-order valence-corrected chi connectivity index (χ3v) is 5.40. The van der Waals surface area contributed by atoms with Gasteiger partial charge in [0.1, 0.15) is 29.2 Å². The number of rotatable bonds is 6. The Balaban J connectivity index is 1.59. The Kier molecular flexibility index (Phi) is 4.96. The lowest BCUT2D eigenvalue weighted by Crippen LogP contribution is -2.62. The van der Waals surface area contributed by atoms with Crippen molar-refractivity contribution in [2.24, 2.45) is 0 Å². The predicted molar refractivity (Wildman–Crippen MR) is 108 cm³/mol. The smallest absolute Gasteiger partial charge is 0.256 e. The number of ether oxygens (including phenoxy) is 1. The van der Waals surface area contributed by atoms with Crippen molar-refractivity contribution in [3.05, 3.63) is 59.6 Å². The van der Waals surface area contributed by atoms with Gasteiger partial charge in [0.2, 0.25) is 5.91 Å². The number of benzene rings is 1. The van der Waals surface area contributed by atoms with Crippen LogP contribution in [0.3, 0.4) is 0 Å². The number of aryl methyl sites for hydroxylation is 1. The molecule has 2 N–H and O–H groups in total. The minimum absolute atomic E-state index is 0.165. The number of likely N-dealkylation sites (N-methyl/N-ethyl adjacent to an activating group) is 1. The van der Waals surface area contributed by atoms with Crippen LogP contribution < -0.4 is 15.4 Å². The summed E-state index contributed by atoms with van der Waals surface area (Å²) >= 11 is 0. The first-order valence-corrected chi connectivity index (χ1v) is 9.63. The maximum atomic E-state index is 13.1. The largest absolute Gasteiger partial charge is 0.487 e. The molecule has 1 aromatic carbocycles. The summed E-state index contributed by atoms with van der Waals surface area (Å²) in [5.74, 6) is 0.641. The summed E-state index contributed by atoms with van der Waals surface area (Å²) in [4.78, 5) is 29.6. The van der Waals surface area contributed by atoms with Gasteiger partial charge in [-0.15, -0.1) is 0 Å². The number of amides is 2. The molecule has 2 amide bonds. The normalized spacial score (nSPS) is 14.8. The van der Waals surface area contributed by atoms with Crippen molar-refractivity contribution in [3.63, 3.8) is 0 Å². The number of pyridine rings is 1. The first-order valence-electron chi connectivity index (χ1n) is 9.63. The van der Waals surface area contributed by atoms with Crippen molar-refractivity contribution in [1.82, 2.24) is 15.6 Å². The Morgan fingerprint density at radius 1 is 1.24 bits per heavy atom. The van der Waals surface area contributed by atoms with Gasteiger partial charge in [-0.3, -0.25) is 14.6 Å². The maximum Gasteiger partial charge on any atom is 0.256 e. The zero-order valence-electron chi connectivity index (χ0n) is 16.5. The van der Waals surface area contributed by atoms with E-state index in [4.69, 9.17) is 9.15 Å². The van der Waals surface area contributed by atoms with Crippen molar-refractivity contribution in [3.8, 4) is 5.75 Å². The number of carbonyl (C=O) groups is 2. The van der Waals surface area contributed by atoms with Crippen LogP contribution in [-0.4, -0.2) is 29.4 Å². The number of fused-ring (bicyclic) bond motifs is 1. The molecule has 4 rings (SSSR count). The van der Waals surface area contributed by atoms with E-state index in [1.807, 2.05) is 18.2 Å². The fourth-order valence-corrected chi connectivity index (χ4v) is 3.67. The molecule has 1 aliphatic rings. The average molecular weight is 393 g/mol. The molecular formula is C22H23N3O4. The van der Waals surface area contributed by atoms with Crippen LogP contribution in [-0.2, 0) is 11.4 Å². The maximum absolute atomic E-state index is 13.1. The SMILES string of the molecule is CNC(=O)C1(NC(=O)c2c(C)oc3ccc(OCc4ccccn4)cc23)CCC1. The van der Waals surface area contributed by atoms with Gasteiger partial charge in [-0.05, 0) is 56.5 Å². The zero-order chi connectivity index (χ0) is 20.4. The van der Waals surface area contributed by atoms with Crippen LogP contribution in [0.4, 0.5) is 0 Å². The van der Waals surface area contributed by atoms with Crippen LogP contribution in [0.2, 0.25) is 0 Å². The van der Waals surface area contributed by atoms with Crippen LogP contribution >= 0.6 is 0 Å². The lowest BCUT2D eigenvalue weighted by Gasteiger charge is -2.40. The van der Waals surface area contributed by atoms with Gasteiger partial charge in [-0.25, -0.2) is 0 Å². The van der Waals surface area contributed by atoms with Gasteiger partial charge < -0.3 is 19.8 Å². The highest BCUT2D eigenvalue weighted by atomic mass is 16.5. The first kappa shape index (κ1) is 19.0. The van der Waals surface area contributed by atoms with Crippen LogP contribution in [0, 0.1) is 6.92 Å². The number of aromatic nitrogens is 1. The van der Waals surface area contributed by atoms with E-state index < -0.39 is 5.54 Å². The van der Waals surface area contributed by atoms with E-state index in [2.05, 4.69) is 15.6 Å². The van der Waals surface area contributed by atoms with Gasteiger partial charge in [-0.2, -0.15) is 0 Å². The fraction of sp³-hybridized carbons (Fsp3) is 0.318. The number of nitrogens with zero attached hydrogens (tertiary/aromatic N) is 1. The molecule has 1 saturated carbocycles. The summed E-state index contributed by atoms with van der Waals surface area (Å²) < 4.78 is 11.6. The van der Waals surface area contributed by atoms with Gasteiger partial charge in [0.15, 0.2) is 0 Å². The molecular weight excluding hydrogens is 370 g/mol. The summed E-state index contributed by atoms with van der Waals surface area (Å²) in [6.45, 7) is 2.07. The third kappa shape index (κ3) is 3.55. The molecule has 0 aliphatic heterocycles. The predicted octanol–water partition coefficient (Wildman–Crippen LogP) is 3.11. The molecule has 0 unspecified atom stereocenters. The molecule has 1 fully saturated rings. The highest BCUT2D eigenvalue weighted by Crippen LogP contribution is 2.34. The summed E-state index contributed by atoms with van der Waals surface area (Å²) in [5, 5.41) is 6.24. The molecule has 0 spiro atoms. The molecule has 3 aromatic rings. The van der Waals surface area contributed by atoms with Crippen molar-refractivity contribution >= 4 is 22.8 Å². The van der Waals surface area contributed by atoms with Crippen LogP contribution in [0.1, 0.15) is 41.1 Å². The van der Waals surface area contributed by atoms with E-state index in [0.29, 0.717) is 47.5 Å². The molecule has 150 valence electrons. The molecule has 2 aromatic heterocycles. The average Bonchev–Trinajstić information content (AvgIpc) is 3.04. The second-order valence-corrected chi connectivity index (χ2v) is 7.27. The molecule has 7 heteroatoms. The Morgan fingerprint density at radius 2 is 2.07 bits per heavy atom. The lowest BCUT2D eigenvalue weighted by molar-refractivity contribution is -0.130. The Morgan fingerprint density at radius 3 is 2.72 bits per heavy atom. The summed E-state index contributed by atoms with van der Waals surface area (Å²) in [7, 11) is 1.58. The Bertz CT molecular complexity index is 1050. The van der Waals surface area contributed by atoms with Crippen LogP contribution in [0.15, 0.2) is 47.0 Å². The van der Waals surface area contributed by atoms with E-state index in [0.717, 1.165) is 12.1 Å². The fourth-order valence-electron chi connectivity index (χ4n) is 3.67. The number of carbonyl (C=O) groups excluding carboxylic acids is 2. The second kappa shape index (κ2) is 7.58. The molecule has 1 aliphatic carbocycles. The monoisotopic (exact) mass is 393 g/mol. The highest BCUT2D eigenvalue weighted by molar-refractivity contribution is 6.09. The van der Waals surface area contributed by atoms with Gasteiger partial charge >= 0.3 is 0 Å². The number of hydrogen-bond acceptors (Lipinski definition) is 5. The quantitative estimate of drug-likeness (QED) is 0.671. The Labute approximate surface area is 168 Å². The lowest BCUT2D eigenvalue weighted by atomic mass is 9.75. The minimum atomic E-state index is -0.838. The topological polar surface area (TPSA) is 93.5 Å². The van der Waals surface area contributed by atoms with Gasteiger partial charge in [0.25, 0.3) is 5.91 Å². The summed E-state index contributed by atoms with van der Waals surface area (Å²) in [6, 6.07) is 11.0. The van der Waals surface area contributed by atoms with Crippen molar-refractivity contribution in [2.45, 2.75) is 38.3 Å². The van der Waals surface area contributed by atoms with Gasteiger partial charge in [-0.1, -0.05) is 6.07 Å². The molecule has 7 nitrogen and oxygen atoms in total. The van der Waals surface area contributed by atoms with Crippen molar-refractivity contribution < 1.29 is 18.7 Å². The summed E-state index contributed by atoms with van der Waals surface area (Å²) in [6.07, 6.45) is 3.88. The van der Waals surface area contributed by atoms with E-state index in [1.165, 1.54) is 0 Å². The highest BCUT2D eigenvalue weighted by Gasteiger charge is 2.45. The minimum Gasteiger partial charge on any atom is -0.487 e. The summed E-state index contributed by atoms with van der Waals surface area (Å²) in [5.41, 5.74) is 1.000. The number of furan rings is 1. The second-order valence-electron chi connectivity index (χ2n) is 7.27. The molecule has 0 atom stereocenters. The van der Waals surface area contributed by atoms with Gasteiger partial charge in [0.05, 0.1) is 11.3 Å². The Hall–Kier alpha value is -3.35. The van der Waals surface area contributed by atoms with Crippen LogP contribution in [0.25, 0.3) is 11.0 Å². The number of nitrogens with one attached hydrogen (secondary N) is 2. The number of hydrogen-bond donors (Lipinski definition) is 2. The molecule has 2 heterocycles. The van der Waals surface area contributed by atoms with E-state index >= 15 is 0 Å². The molecule has 0 bridgehead atoms.